The van der Waals surface area contributed by atoms with E-state index in [1.165, 1.54) is 11.1 Å². The van der Waals surface area contributed by atoms with Crippen molar-refractivity contribution in [2.75, 3.05) is 12.4 Å². The van der Waals surface area contributed by atoms with Crippen LogP contribution in [0.15, 0.2) is 28.9 Å². The van der Waals surface area contributed by atoms with Crippen molar-refractivity contribution in [3.8, 4) is 11.3 Å². The topological polar surface area (TPSA) is 38.1 Å². The highest BCUT2D eigenvalue weighted by Gasteiger charge is 2.07. The van der Waals surface area contributed by atoms with Crippen LogP contribution >= 0.6 is 0 Å². The van der Waals surface area contributed by atoms with Gasteiger partial charge in [0, 0.05) is 12.6 Å². The minimum atomic E-state index is 0.546. The second kappa shape index (κ2) is 3.77. The predicted octanol–water partition coefficient (Wildman–Crippen LogP) is 3.00. The average Bonchev–Trinajstić information content (AvgIpc) is 2.66. The second-order valence-electron chi connectivity index (χ2n) is 3.61. The van der Waals surface area contributed by atoms with Crippen LogP contribution in [-0.2, 0) is 0 Å². The maximum absolute atomic E-state index is 5.23. The second-order valence-corrected chi connectivity index (χ2v) is 3.61. The maximum Gasteiger partial charge on any atom is 0.294 e. The molecule has 3 heteroatoms. The van der Waals surface area contributed by atoms with Crippen molar-refractivity contribution in [1.29, 1.82) is 0 Å². The highest BCUT2D eigenvalue weighted by molar-refractivity contribution is 5.64. The van der Waals surface area contributed by atoms with Gasteiger partial charge in [-0.3, -0.25) is 0 Å². The van der Waals surface area contributed by atoms with Crippen molar-refractivity contribution in [2.24, 2.45) is 0 Å². The number of aromatic nitrogens is 1. The summed E-state index contributed by atoms with van der Waals surface area (Å²) in [6, 6.07) is 6.84. The summed E-state index contributed by atoms with van der Waals surface area (Å²) in [5, 5.41) is 2.87. The summed E-state index contributed by atoms with van der Waals surface area (Å²) in [6.45, 7) is 4.16. The quantitative estimate of drug-likeness (QED) is 0.813. The van der Waals surface area contributed by atoms with E-state index in [4.69, 9.17) is 4.42 Å². The first-order valence-corrected chi connectivity index (χ1v) is 4.91. The van der Waals surface area contributed by atoms with E-state index < -0.39 is 0 Å². The number of nitrogens with zero attached hydrogens (tertiary/aromatic N) is 1. The summed E-state index contributed by atoms with van der Waals surface area (Å²) in [5.74, 6) is 0. The van der Waals surface area contributed by atoms with E-state index in [1.807, 2.05) is 0 Å². The van der Waals surface area contributed by atoms with Crippen molar-refractivity contribution in [3.63, 3.8) is 0 Å². The van der Waals surface area contributed by atoms with Crippen LogP contribution < -0.4 is 5.32 Å². The summed E-state index contributed by atoms with van der Waals surface area (Å²) >= 11 is 0. The van der Waals surface area contributed by atoms with Crippen LogP contribution in [0.1, 0.15) is 11.1 Å². The number of hydrogen-bond acceptors (Lipinski definition) is 3. The Bertz CT molecular complexity index is 474. The molecule has 2 aromatic rings. The van der Waals surface area contributed by atoms with Crippen molar-refractivity contribution in [3.05, 3.63) is 35.6 Å². The molecule has 3 nitrogen and oxygen atoms in total. The van der Waals surface area contributed by atoms with Crippen LogP contribution in [0.25, 0.3) is 11.3 Å². The molecule has 1 heterocycles. The molecule has 0 bridgehead atoms. The molecular weight excluding hydrogens is 188 g/mol. The molecule has 0 saturated carbocycles. The van der Waals surface area contributed by atoms with Crippen molar-refractivity contribution in [1.82, 2.24) is 4.98 Å². The van der Waals surface area contributed by atoms with E-state index in [9.17, 15) is 0 Å². The Morgan fingerprint density at radius 1 is 1.27 bits per heavy atom. The number of nitrogens with one attached hydrogen (secondary N) is 1. The number of hydrogen-bond donors (Lipinski definition) is 1. The molecule has 2 rings (SSSR count). The van der Waals surface area contributed by atoms with Gasteiger partial charge in [0.15, 0.2) is 0 Å². The van der Waals surface area contributed by atoms with Crippen LogP contribution in [0.2, 0.25) is 0 Å². The predicted molar refractivity (Wildman–Crippen MR) is 61.0 cm³/mol. The highest BCUT2D eigenvalue weighted by Crippen LogP contribution is 2.24. The van der Waals surface area contributed by atoms with Gasteiger partial charge in [0.25, 0.3) is 6.01 Å². The average molecular weight is 202 g/mol. The Morgan fingerprint density at radius 3 is 2.67 bits per heavy atom. The third-order valence-corrected chi connectivity index (χ3v) is 2.38. The third kappa shape index (κ3) is 1.86. The van der Waals surface area contributed by atoms with Gasteiger partial charge in [-0.2, -0.15) is 4.98 Å². The Balaban J connectivity index is 2.44. The smallest absolute Gasteiger partial charge is 0.294 e. The number of anilines is 1. The molecule has 15 heavy (non-hydrogen) atoms. The number of rotatable bonds is 2. The van der Waals surface area contributed by atoms with Crippen molar-refractivity contribution < 1.29 is 4.42 Å². The SMILES string of the molecule is CNc1nc(-c2ccc(C)cc2C)co1. The van der Waals surface area contributed by atoms with Gasteiger partial charge in [0.1, 0.15) is 12.0 Å². The van der Waals surface area contributed by atoms with E-state index in [-0.39, 0.29) is 0 Å². The van der Waals surface area contributed by atoms with Gasteiger partial charge in [-0.25, -0.2) is 0 Å². The lowest BCUT2D eigenvalue weighted by atomic mass is 10.0. The van der Waals surface area contributed by atoms with Gasteiger partial charge in [-0.15, -0.1) is 0 Å². The lowest BCUT2D eigenvalue weighted by molar-refractivity contribution is 0.576. The summed E-state index contributed by atoms with van der Waals surface area (Å²) in [5.41, 5.74) is 4.46. The zero-order chi connectivity index (χ0) is 10.8. The summed E-state index contributed by atoms with van der Waals surface area (Å²) < 4.78 is 5.23. The molecule has 0 aliphatic heterocycles. The zero-order valence-electron chi connectivity index (χ0n) is 9.16. The normalized spacial score (nSPS) is 10.3. The summed E-state index contributed by atoms with van der Waals surface area (Å²) in [7, 11) is 1.79. The lowest BCUT2D eigenvalue weighted by Gasteiger charge is -2.02. The molecule has 0 radical (unpaired) electrons. The van der Waals surface area contributed by atoms with E-state index >= 15 is 0 Å². The molecule has 1 N–H and O–H groups in total. The Hall–Kier alpha value is -1.77. The molecule has 0 spiro atoms. The molecule has 0 amide bonds. The summed E-state index contributed by atoms with van der Waals surface area (Å²) in [4.78, 5) is 4.31. The summed E-state index contributed by atoms with van der Waals surface area (Å²) in [6.07, 6.45) is 1.67. The maximum atomic E-state index is 5.23. The molecule has 1 aromatic carbocycles. The fourth-order valence-electron chi connectivity index (χ4n) is 1.61. The van der Waals surface area contributed by atoms with E-state index in [2.05, 4.69) is 42.3 Å². The Kier molecular flexibility index (Phi) is 2.46. The van der Waals surface area contributed by atoms with E-state index in [0.717, 1.165) is 11.3 Å². The molecule has 0 fully saturated rings. The van der Waals surface area contributed by atoms with Crippen molar-refractivity contribution in [2.45, 2.75) is 13.8 Å². The first kappa shape index (κ1) is 9.77. The lowest BCUT2D eigenvalue weighted by Crippen LogP contribution is -1.88. The van der Waals surface area contributed by atoms with Crippen molar-refractivity contribution >= 4 is 6.01 Å². The number of benzene rings is 1. The van der Waals surface area contributed by atoms with E-state index in [1.54, 1.807) is 13.3 Å². The highest BCUT2D eigenvalue weighted by atomic mass is 16.4. The standard InChI is InChI=1S/C12H14N2O/c1-8-4-5-10(9(2)6-8)11-7-15-12(13-3)14-11/h4-7H,1-3H3,(H,13,14). The first-order chi connectivity index (χ1) is 7.20. The minimum Gasteiger partial charge on any atom is -0.432 e. The van der Waals surface area contributed by atoms with Crippen LogP contribution in [0.3, 0.4) is 0 Å². The molecule has 0 atom stereocenters. The Morgan fingerprint density at radius 2 is 2.07 bits per heavy atom. The van der Waals surface area contributed by atoms with Gasteiger partial charge in [-0.05, 0) is 19.4 Å². The molecule has 1 aromatic heterocycles. The number of aryl methyl sites for hydroxylation is 2. The largest absolute Gasteiger partial charge is 0.432 e. The molecule has 78 valence electrons. The third-order valence-electron chi connectivity index (χ3n) is 2.38. The monoisotopic (exact) mass is 202 g/mol. The van der Waals surface area contributed by atoms with Crippen LogP contribution in [0.5, 0.6) is 0 Å². The van der Waals surface area contributed by atoms with Gasteiger partial charge in [0.05, 0.1) is 0 Å². The van der Waals surface area contributed by atoms with Gasteiger partial charge >= 0.3 is 0 Å². The van der Waals surface area contributed by atoms with Crippen LogP contribution in [-0.4, -0.2) is 12.0 Å². The zero-order valence-corrected chi connectivity index (χ0v) is 9.16. The number of oxazole rings is 1. The molecular formula is C12H14N2O. The Labute approximate surface area is 89.1 Å². The molecule has 0 aliphatic carbocycles. The van der Waals surface area contributed by atoms with Gasteiger partial charge in [0.2, 0.25) is 0 Å². The fraction of sp³-hybridized carbons (Fsp3) is 0.250. The van der Waals surface area contributed by atoms with Crippen LogP contribution in [0, 0.1) is 13.8 Å². The van der Waals surface area contributed by atoms with E-state index in [0.29, 0.717) is 6.01 Å². The minimum absolute atomic E-state index is 0.546. The molecule has 0 unspecified atom stereocenters. The van der Waals surface area contributed by atoms with Gasteiger partial charge < -0.3 is 9.73 Å². The molecule has 0 saturated heterocycles. The fourth-order valence-corrected chi connectivity index (χ4v) is 1.61. The first-order valence-electron chi connectivity index (χ1n) is 4.91. The molecule has 0 aliphatic rings. The van der Waals surface area contributed by atoms with Crippen LogP contribution in [0.4, 0.5) is 6.01 Å². The van der Waals surface area contributed by atoms with Gasteiger partial charge in [-0.1, -0.05) is 23.8 Å².